The van der Waals surface area contributed by atoms with Crippen LogP contribution >= 0.6 is 67.8 Å². The molecule has 143 valence electrons. The summed E-state index contributed by atoms with van der Waals surface area (Å²) in [5.74, 6) is 0.948. The summed E-state index contributed by atoms with van der Waals surface area (Å²) in [5, 5.41) is 0. The van der Waals surface area contributed by atoms with Gasteiger partial charge in [0.2, 0.25) is 0 Å². The van der Waals surface area contributed by atoms with Crippen molar-refractivity contribution in [3.63, 3.8) is 0 Å². The van der Waals surface area contributed by atoms with Crippen molar-refractivity contribution in [3.05, 3.63) is 11.8 Å². The molecule has 0 bridgehead atoms. The van der Waals surface area contributed by atoms with Crippen LogP contribution in [0.4, 0.5) is 0 Å². The van der Waals surface area contributed by atoms with E-state index in [1.807, 2.05) is 67.8 Å². The molecule has 0 atom stereocenters. The van der Waals surface area contributed by atoms with Crippen LogP contribution in [0, 0.1) is 11.8 Å². The van der Waals surface area contributed by atoms with Crippen LogP contribution in [0.3, 0.4) is 0 Å². The summed E-state index contributed by atoms with van der Waals surface area (Å²) >= 11 is 5.59. The zero-order valence-corrected chi connectivity index (χ0v) is 22.9. The molecule has 0 spiro atoms. The molecule has 0 saturated carbocycles. The molecule has 0 aliphatic rings. The molecule has 0 aromatic carbocycles. The van der Waals surface area contributed by atoms with Crippen molar-refractivity contribution in [2.45, 2.75) is 41.5 Å². The van der Waals surface area contributed by atoms with Gasteiger partial charge in [-0.25, -0.2) is 0 Å². The van der Waals surface area contributed by atoms with Crippen LogP contribution in [-0.4, -0.2) is 63.5 Å². The molecule has 25 heavy (non-hydrogen) atoms. The molecule has 0 fully saturated rings. The van der Waals surface area contributed by atoms with Gasteiger partial charge in [-0.1, -0.05) is 11.8 Å². The van der Waals surface area contributed by atoms with Crippen LogP contribution < -0.4 is 0 Å². The summed E-state index contributed by atoms with van der Waals surface area (Å²) in [4.78, 5) is 52.1. The summed E-state index contributed by atoms with van der Waals surface area (Å²) in [7, 11) is 0. The third-order valence-corrected chi connectivity index (χ3v) is 6.59. The summed E-state index contributed by atoms with van der Waals surface area (Å²) in [6.07, 6.45) is 0. The van der Waals surface area contributed by atoms with Gasteiger partial charge in [0, 0.05) is 41.5 Å². The van der Waals surface area contributed by atoms with Gasteiger partial charge in [-0.15, -0.1) is 0 Å². The van der Waals surface area contributed by atoms with Crippen molar-refractivity contribution in [1.82, 2.24) is 0 Å². The third-order valence-electron chi connectivity index (χ3n) is 1.91. The van der Waals surface area contributed by atoms with Crippen molar-refractivity contribution < 1.29 is 48.2 Å². The smallest absolute Gasteiger partial charge is 0.315 e. The Kier molecular flexibility index (Phi) is 23.6. The summed E-state index contributed by atoms with van der Waals surface area (Å²) < 4.78 is 1.55. The first-order chi connectivity index (χ1) is 10.7. The van der Waals surface area contributed by atoms with Crippen molar-refractivity contribution in [2.75, 3.05) is 0 Å². The Balaban J connectivity index is -0.000000130. The molecule has 0 aliphatic heterocycles. The van der Waals surface area contributed by atoms with Gasteiger partial charge in [0.25, 0.3) is 0 Å². The molecule has 0 aromatic heterocycles. The fraction of sp³-hybridized carbons (Fsp3) is 0.400. The van der Waals surface area contributed by atoms with E-state index >= 15 is 0 Å². The average Bonchev–Trinajstić information content (AvgIpc) is 2.45. The maximum atomic E-state index is 8.68. The number of hydrogen-bond acceptors (Lipinski definition) is 0. The molecule has 0 aromatic rings. The van der Waals surface area contributed by atoms with Gasteiger partial charge in [0.1, 0.15) is 0 Å². The molecular formula is C15H24I3O6Ru+6. The third kappa shape index (κ3) is 20.6. The van der Waals surface area contributed by atoms with Crippen LogP contribution in [0.1, 0.15) is 41.5 Å². The van der Waals surface area contributed by atoms with E-state index in [0.717, 1.165) is 0 Å². The van der Waals surface area contributed by atoms with Crippen LogP contribution in [0.15, 0.2) is 0 Å². The largest absolute Gasteiger partial charge is 3.00 e. The van der Waals surface area contributed by atoms with E-state index in [1.165, 1.54) is 41.5 Å². The molecule has 6 nitrogen and oxygen atoms in total. The van der Waals surface area contributed by atoms with Gasteiger partial charge in [-0.2, -0.15) is 0 Å². The van der Waals surface area contributed by atoms with Crippen molar-refractivity contribution in [1.29, 1.82) is 0 Å². The molecule has 0 aliphatic carbocycles. The first-order valence-corrected chi connectivity index (χ1v) is 9.64. The Morgan fingerprint density at radius 2 is 0.520 bits per heavy atom. The quantitative estimate of drug-likeness (QED) is 0.129. The minimum Gasteiger partial charge on any atom is -0.315 e. The Labute approximate surface area is 201 Å². The fourth-order valence-corrected chi connectivity index (χ4v) is 0.785. The van der Waals surface area contributed by atoms with E-state index < -0.39 is 0 Å². The average molecular weight is 782 g/mol. The second-order valence-electron chi connectivity index (χ2n) is 4.45. The second kappa shape index (κ2) is 17.8. The molecule has 0 heterocycles. The van der Waals surface area contributed by atoms with Crippen LogP contribution in [0.2, 0.25) is 0 Å². The van der Waals surface area contributed by atoms with Gasteiger partial charge >= 0.3 is 19.5 Å². The first-order valence-electron chi connectivity index (χ1n) is 6.41. The van der Waals surface area contributed by atoms with E-state index in [1.54, 1.807) is 0 Å². The van der Waals surface area contributed by atoms with E-state index in [0.29, 0.717) is 11.8 Å². The zero-order valence-electron chi connectivity index (χ0n) is 14.7. The predicted octanol–water partition coefficient (Wildman–Crippen LogP) is 3.25. The van der Waals surface area contributed by atoms with Gasteiger partial charge in [0.15, 0.2) is 34.7 Å². The number of ketones is 6. The maximum absolute atomic E-state index is 8.68. The van der Waals surface area contributed by atoms with Gasteiger partial charge < -0.3 is 28.8 Å². The summed E-state index contributed by atoms with van der Waals surface area (Å²) in [6.45, 7) is 9.18. The zero-order chi connectivity index (χ0) is 20.2. The van der Waals surface area contributed by atoms with Crippen molar-refractivity contribution in [2.24, 2.45) is 0 Å². The number of hydrogen-bond donors (Lipinski definition) is 0. The molecule has 0 unspecified atom stereocenters. The van der Waals surface area contributed by atoms with E-state index in [2.05, 4.69) is 0 Å². The van der Waals surface area contributed by atoms with E-state index in [9.17, 15) is 0 Å². The number of rotatable bonds is 6. The standard InChI is InChI=1S/3C5H6IO2.Ru/c3*1-3(7)5(6)4(2)8;/h3*1-2H3;/q3*-1;+3/p+6. The Bertz CT molecular complexity index is 394. The van der Waals surface area contributed by atoms with Crippen LogP contribution in [0.25, 0.3) is 0 Å². The molecule has 0 amide bonds. The minimum absolute atomic E-state index is 0. The van der Waals surface area contributed by atoms with Crippen molar-refractivity contribution in [3.8, 4) is 0 Å². The van der Waals surface area contributed by atoms with Gasteiger partial charge in [-0.05, 0) is 0 Å². The van der Waals surface area contributed by atoms with Crippen LogP contribution in [0.5, 0.6) is 0 Å². The molecule has 0 saturated heterocycles. The SMILES string of the molecule is CC(=[OH+])[C-](I)C(C)=[OH+].CC(=[OH+])[C-](I)C(C)=[OH+].CC(=[OH+])[C-](I)C(C)=[OH+].[Ru+3]. The second-order valence-corrected chi connectivity index (χ2v) is 7.69. The minimum atomic E-state index is 0. The van der Waals surface area contributed by atoms with Gasteiger partial charge in [-0.3, -0.25) is 67.8 Å². The summed E-state index contributed by atoms with van der Waals surface area (Å²) in [6, 6.07) is 0. The molecular weight excluding hydrogens is 758 g/mol. The predicted molar refractivity (Wildman–Crippen MR) is 127 cm³/mol. The maximum Gasteiger partial charge on any atom is 3.00 e. The Morgan fingerprint density at radius 3 is 0.520 bits per heavy atom. The Hall–Kier alpha value is 0.443. The Morgan fingerprint density at radius 1 is 0.440 bits per heavy atom. The molecule has 10 heteroatoms. The van der Waals surface area contributed by atoms with Gasteiger partial charge in [0.05, 0.1) is 0 Å². The summed E-state index contributed by atoms with van der Waals surface area (Å²) in [5.41, 5.74) is 0. The van der Waals surface area contributed by atoms with E-state index in [4.69, 9.17) is 28.8 Å². The fourth-order valence-electron chi connectivity index (χ4n) is 0.785. The molecule has 6 N–H and O–H groups in total. The number of carbonyl (C=O) groups excluding carboxylic acids is 6. The van der Waals surface area contributed by atoms with Crippen molar-refractivity contribution >= 4 is 102 Å². The topological polar surface area (TPSA) is 128 Å². The normalized spacial score (nSPS) is 8.04. The van der Waals surface area contributed by atoms with Crippen LogP contribution in [-0.2, 0) is 19.5 Å². The molecule has 0 rings (SSSR count). The monoisotopic (exact) mass is 783 g/mol. The number of halogens is 3. The first kappa shape index (κ1) is 33.1. The van der Waals surface area contributed by atoms with E-state index in [-0.39, 0.29) is 54.2 Å². The molecule has 1 radical (unpaired) electrons.